The molecule has 0 unspecified atom stereocenters. The van der Waals surface area contributed by atoms with Crippen LogP contribution in [0.25, 0.3) is 0 Å². The molecular formula is C56H92N12O15S2. The molecule has 0 spiro atoms. The van der Waals surface area contributed by atoms with Crippen molar-refractivity contribution in [3.8, 4) is 0 Å². The van der Waals surface area contributed by atoms with E-state index >= 15 is 0 Å². The van der Waals surface area contributed by atoms with Crippen molar-refractivity contribution in [2.24, 2.45) is 29.2 Å². The molecule has 0 fully saturated rings. The highest BCUT2D eigenvalue weighted by molar-refractivity contribution is 7.98. The summed E-state index contributed by atoms with van der Waals surface area (Å²) in [6, 6.07) is -5.71. The summed E-state index contributed by atoms with van der Waals surface area (Å²) in [5.41, 5.74) is 12.1. The Morgan fingerprint density at radius 1 is 0.412 bits per heavy atom. The highest BCUT2D eigenvalue weighted by atomic mass is 32.2. The molecule has 1 aromatic carbocycles. The topological polar surface area (TPSA) is 435 Å². The zero-order valence-corrected chi connectivity index (χ0v) is 52.3. The van der Waals surface area contributed by atoms with E-state index in [1.54, 1.807) is 64.3 Å². The molecule has 0 aromatic heterocycles. The lowest BCUT2D eigenvalue weighted by atomic mass is 10.0. The van der Waals surface area contributed by atoms with Crippen LogP contribution in [0.2, 0.25) is 0 Å². The largest absolute Gasteiger partial charge is 0.481 e. The predicted molar refractivity (Wildman–Crippen MR) is 322 cm³/mol. The second-order valence-electron chi connectivity index (χ2n) is 22.1. The molecule has 16 N–H and O–H groups in total. The van der Waals surface area contributed by atoms with Crippen LogP contribution in [0.4, 0.5) is 0 Å². The summed E-state index contributed by atoms with van der Waals surface area (Å²) in [6.45, 7) is 14.6. The molecule has 11 amide bonds. The minimum absolute atomic E-state index is 0.0270. The summed E-state index contributed by atoms with van der Waals surface area (Å²) in [7, 11) is 0. The summed E-state index contributed by atoms with van der Waals surface area (Å²) in [5, 5.41) is 44.6. The molecule has 1 rings (SSSR count). The van der Waals surface area contributed by atoms with Gasteiger partial charge in [-0.3, -0.25) is 57.5 Å². The van der Waals surface area contributed by atoms with Crippen LogP contribution < -0.4 is 64.6 Å². The van der Waals surface area contributed by atoms with E-state index in [4.69, 9.17) is 11.5 Å². The summed E-state index contributed by atoms with van der Waals surface area (Å²) in [6.07, 6.45) is 2.36. The van der Waals surface area contributed by atoms with Crippen molar-refractivity contribution < 1.29 is 72.5 Å². The van der Waals surface area contributed by atoms with Gasteiger partial charge in [-0.05, 0) is 113 Å². The lowest BCUT2D eigenvalue weighted by Gasteiger charge is -2.27. The second-order valence-corrected chi connectivity index (χ2v) is 24.1. The van der Waals surface area contributed by atoms with E-state index in [1.165, 1.54) is 44.3 Å². The van der Waals surface area contributed by atoms with Crippen LogP contribution >= 0.6 is 23.5 Å². The fourth-order valence-electron chi connectivity index (χ4n) is 8.25. The molecule has 0 saturated heterocycles. The van der Waals surface area contributed by atoms with Crippen LogP contribution in [-0.4, -0.2) is 178 Å². The molecule has 0 heterocycles. The van der Waals surface area contributed by atoms with Crippen LogP contribution in [0.3, 0.4) is 0 Å². The van der Waals surface area contributed by atoms with Crippen LogP contribution in [0.1, 0.15) is 126 Å². The summed E-state index contributed by atoms with van der Waals surface area (Å²) in [5.74, 6) is -11.2. The number of aliphatic carboxylic acids is 2. The molecule has 0 aliphatic carbocycles. The third-order valence-corrected chi connectivity index (χ3v) is 14.3. The first kappa shape index (κ1) is 76.0. The first-order valence-corrected chi connectivity index (χ1v) is 31.1. The number of rotatable bonds is 41. The van der Waals surface area contributed by atoms with Crippen LogP contribution in [0.5, 0.6) is 0 Å². The van der Waals surface area contributed by atoms with Gasteiger partial charge in [0.15, 0.2) is 0 Å². The van der Waals surface area contributed by atoms with Crippen molar-refractivity contribution in [3.05, 3.63) is 35.9 Å². The van der Waals surface area contributed by atoms with Crippen molar-refractivity contribution in [1.29, 1.82) is 0 Å². The number of amides is 11. The number of nitrogens with two attached hydrogens (primary N) is 2. The summed E-state index contributed by atoms with van der Waals surface area (Å²) < 4.78 is 0. The summed E-state index contributed by atoms with van der Waals surface area (Å²) in [4.78, 5) is 172. The molecule has 0 radical (unpaired) electrons. The first-order chi connectivity index (χ1) is 39.8. The Bertz CT molecular complexity index is 2420. The molecule has 0 aliphatic heterocycles. The Kier molecular flexibility index (Phi) is 35.4. The van der Waals surface area contributed by atoms with E-state index in [2.05, 4.69) is 53.2 Å². The molecule has 27 nitrogen and oxygen atoms in total. The van der Waals surface area contributed by atoms with E-state index in [9.17, 15) is 72.5 Å². The average molecular weight is 1240 g/mol. The van der Waals surface area contributed by atoms with E-state index in [-0.39, 0.29) is 49.9 Å². The standard InChI is InChI=1S/C56H92N12O15S2/c1-29(2)25-40(53(79)61-34(9)48(74)66-42(28-35-15-13-12-14-16-35)55(81)68-43(56(82)83)27-31(5)6)65-47(73)33(8)59-50(76)38(18-20-45(70)71)63-52(78)37(17-19-44(58)69)62-46(72)32(7)60-51(77)39(22-24-85-11)64-54(80)41(26-30(3)4)67-49(75)36(57)21-23-84-10/h12-16,29-34,36-43H,17-28,57H2,1-11H3,(H2,58,69)(H,59,76)(H,60,77)(H,61,79)(H,62,72)(H,63,78)(H,64,80)(H,65,73)(H,66,74)(H,67,75)(H,68,81)(H,70,71)(H,82,83)/t32-,33-,34-,36-,37-,38-,39-,40-,41-,42-,43-/m0/s1. The monoisotopic (exact) mass is 1240 g/mol. The van der Waals surface area contributed by atoms with Gasteiger partial charge >= 0.3 is 11.9 Å². The molecule has 0 bridgehead atoms. The highest BCUT2D eigenvalue weighted by Gasteiger charge is 2.35. The number of carboxylic acids is 2. The van der Waals surface area contributed by atoms with E-state index in [1.807, 2.05) is 20.1 Å². The number of carbonyl (C=O) groups is 13. The zero-order chi connectivity index (χ0) is 64.7. The molecule has 85 heavy (non-hydrogen) atoms. The Morgan fingerprint density at radius 2 is 0.741 bits per heavy atom. The average Bonchev–Trinajstić information content (AvgIpc) is 3.60. The van der Waals surface area contributed by atoms with Gasteiger partial charge in [0.05, 0.1) is 6.04 Å². The molecular weight excluding hydrogens is 1140 g/mol. The first-order valence-electron chi connectivity index (χ1n) is 28.3. The minimum atomic E-state index is -1.67. The maximum atomic E-state index is 13.9. The highest BCUT2D eigenvalue weighted by Crippen LogP contribution is 2.13. The van der Waals surface area contributed by atoms with E-state index in [0.717, 1.165) is 0 Å². The SMILES string of the molecule is CSCC[C@H](NC(=O)[C@H](CC(C)C)NC(=O)[C@@H](N)CCSC)C(=O)N[C@@H](C)C(=O)N[C@@H](CCC(N)=O)C(=O)N[C@@H](CCC(=O)O)C(=O)N[C@@H](C)C(=O)N[C@@H](CC(C)C)C(=O)N[C@@H](C)C(=O)N[C@@H](Cc1ccccc1)C(=O)N[C@@H](CC(C)C)C(=O)O. The van der Waals surface area contributed by atoms with Gasteiger partial charge in [0.1, 0.15) is 60.4 Å². The van der Waals surface area contributed by atoms with Crippen molar-refractivity contribution in [2.75, 3.05) is 24.0 Å². The predicted octanol–water partition coefficient (Wildman–Crippen LogP) is -0.677. The van der Waals surface area contributed by atoms with Gasteiger partial charge in [-0.1, -0.05) is 71.9 Å². The number of hydrogen-bond acceptors (Lipinski definition) is 16. The molecule has 29 heteroatoms. The molecule has 478 valence electrons. The van der Waals surface area contributed by atoms with Gasteiger partial charge < -0.3 is 74.8 Å². The normalized spacial score (nSPS) is 15.1. The van der Waals surface area contributed by atoms with Crippen LogP contribution in [0.15, 0.2) is 30.3 Å². The minimum Gasteiger partial charge on any atom is -0.481 e. The van der Waals surface area contributed by atoms with Gasteiger partial charge in [0.2, 0.25) is 65.0 Å². The van der Waals surface area contributed by atoms with Gasteiger partial charge in [-0.15, -0.1) is 0 Å². The number of primary amides is 1. The third-order valence-electron chi connectivity index (χ3n) is 13.0. The molecule has 1 aromatic rings. The molecule has 0 aliphatic rings. The lowest BCUT2D eigenvalue weighted by Crippen LogP contribution is -2.60. The number of thioether (sulfide) groups is 2. The van der Waals surface area contributed by atoms with Crippen LogP contribution in [-0.2, 0) is 68.7 Å². The third kappa shape index (κ3) is 30.6. The van der Waals surface area contributed by atoms with Crippen molar-refractivity contribution >= 4 is 100 Å². The summed E-state index contributed by atoms with van der Waals surface area (Å²) >= 11 is 2.89. The lowest BCUT2D eigenvalue weighted by molar-refractivity contribution is -0.143. The number of hydrogen-bond donors (Lipinski definition) is 14. The maximum absolute atomic E-state index is 13.9. The van der Waals surface area contributed by atoms with Crippen molar-refractivity contribution in [2.45, 2.75) is 193 Å². The van der Waals surface area contributed by atoms with E-state index in [0.29, 0.717) is 23.5 Å². The fourth-order valence-corrected chi connectivity index (χ4v) is 9.22. The van der Waals surface area contributed by atoms with Gasteiger partial charge in [0, 0.05) is 19.3 Å². The Hall–Kier alpha value is -7.01. The van der Waals surface area contributed by atoms with Gasteiger partial charge in [-0.25, -0.2) is 4.79 Å². The Morgan fingerprint density at radius 3 is 1.16 bits per heavy atom. The smallest absolute Gasteiger partial charge is 0.326 e. The Balaban J connectivity index is 3.29. The zero-order valence-electron chi connectivity index (χ0n) is 50.6. The number of benzene rings is 1. The maximum Gasteiger partial charge on any atom is 0.326 e. The number of carbonyl (C=O) groups excluding carboxylic acids is 11. The van der Waals surface area contributed by atoms with Gasteiger partial charge in [0.25, 0.3) is 0 Å². The molecule has 11 atom stereocenters. The second kappa shape index (κ2) is 39.6. The van der Waals surface area contributed by atoms with Crippen molar-refractivity contribution in [3.63, 3.8) is 0 Å². The molecule has 0 saturated carbocycles. The van der Waals surface area contributed by atoms with Crippen molar-refractivity contribution in [1.82, 2.24) is 53.2 Å². The van der Waals surface area contributed by atoms with Gasteiger partial charge in [-0.2, -0.15) is 23.5 Å². The fraction of sp³-hybridized carbons (Fsp3) is 0.661. The quantitative estimate of drug-likeness (QED) is 0.0386. The Labute approximate surface area is 506 Å². The number of carboxylic acid groups (broad SMARTS) is 2. The number of nitrogens with one attached hydrogen (secondary N) is 10. The van der Waals surface area contributed by atoms with E-state index < -0.39 is 169 Å². The van der Waals surface area contributed by atoms with Crippen LogP contribution in [0, 0.1) is 17.8 Å².